The molecule has 4 heteroatoms. The molecule has 0 saturated heterocycles. The van der Waals surface area contributed by atoms with Gasteiger partial charge in [0.05, 0.1) is 14.2 Å². The molecule has 0 aromatic heterocycles. The third-order valence-corrected chi connectivity index (χ3v) is 6.52. The highest BCUT2D eigenvalue weighted by Crippen LogP contribution is 2.43. The van der Waals surface area contributed by atoms with Crippen molar-refractivity contribution in [3.05, 3.63) is 71.3 Å². The molecule has 0 aliphatic heterocycles. The van der Waals surface area contributed by atoms with Crippen molar-refractivity contribution in [3.63, 3.8) is 0 Å². The lowest BCUT2D eigenvalue weighted by Crippen LogP contribution is -2.28. The Labute approximate surface area is 184 Å². The molecule has 1 aliphatic rings. The van der Waals surface area contributed by atoms with Crippen molar-refractivity contribution in [2.24, 2.45) is 0 Å². The minimum atomic E-state index is 0.0900. The quantitative estimate of drug-likeness (QED) is 0.485. The van der Waals surface area contributed by atoms with Gasteiger partial charge in [0.1, 0.15) is 0 Å². The van der Waals surface area contributed by atoms with Gasteiger partial charge in [-0.05, 0) is 66.5 Å². The van der Waals surface area contributed by atoms with E-state index < -0.39 is 0 Å². The smallest absolute Gasteiger partial charge is 0.254 e. The largest absolute Gasteiger partial charge is 0.493 e. The van der Waals surface area contributed by atoms with Gasteiger partial charge in [0.15, 0.2) is 11.5 Å². The molecule has 3 aromatic rings. The maximum atomic E-state index is 13.1. The van der Waals surface area contributed by atoms with Gasteiger partial charge in [-0.25, -0.2) is 0 Å². The Kier molecular flexibility index (Phi) is 6.45. The molecule has 0 radical (unpaired) electrons. The molecule has 4 rings (SSSR count). The third kappa shape index (κ3) is 4.25. The molecule has 162 valence electrons. The average Bonchev–Trinajstić information content (AvgIpc) is 2.82. The third-order valence-electron chi connectivity index (χ3n) is 6.52. The number of nitrogens with zero attached hydrogens (tertiary/aromatic N) is 1. The molecule has 0 fully saturated rings. The molecule has 0 N–H and O–H groups in total. The number of rotatable bonds is 7. The van der Waals surface area contributed by atoms with Crippen molar-refractivity contribution in [3.8, 4) is 11.5 Å². The van der Waals surface area contributed by atoms with Gasteiger partial charge in [-0.1, -0.05) is 42.5 Å². The van der Waals surface area contributed by atoms with Crippen LogP contribution in [0.1, 0.15) is 53.1 Å². The molecular weight excluding hydrogens is 386 g/mol. The molecule has 1 atom stereocenters. The van der Waals surface area contributed by atoms with Crippen LogP contribution < -0.4 is 9.47 Å². The van der Waals surface area contributed by atoms with Crippen LogP contribution in [0.25, 0.3) is 10.8 Å². The van der Waals surface area contributed by atoms with E-state index in [2.05, 4.69) is 18.2 Å². The summed E-state index contributed by atoms with van der Waals surface area (Å²) in [6.45, 7) is 0.751. The molecule has 4 nitrogen and oxygen atoms in total. The van der Waals surface area contributed by atoms with Crippen molar-refractivity contribution in [1.29, 1.82) is 0 Å². The van der Waals surface area contributed by atoms with Crippen molar-refractivity contribution in [1.82, 2.24) is 4.90 Å². The van der Waals surface area contributed by atoms with Crippen LogP contribution in [0.15, 0.2) is 54.6 Å². The standard InChI is InChI=1S/C27H31NO3/c1-28(27(29)24-15-7-11-19-9-4-5-13-21(19)24)18-8-12-20-10-6-14-23-22(20)16-17-25(30-2)26(23)31-3/h4-5,7,9,11,13,15-17,20H,6,8,10,12,14,18H2,1-3H3. The van der Waals surface area contributed by atoms with E-state index in [0.717, 1.165) is 60.1 Å². The maximum Gasteiger partial charge on any atom is 0.254 e. The molecule has 31 heavy (non-hydrogen) atoms. The molecule has 0 saturated carbocycles. The number of hydrogen-bond donors (Lipinski definition) is 0. The second-order valence-corrected chi connectivity index (χ2v) is 8.35. The van der Waals surface area contributed by atoms with Crippen LogP contribution in [0.4, 0.5) is 0 Å². The Morgan fingerprint density at radius 1 is 1.03 bits per heavy atom. The number of carbonyl (C=O) groups excluding carboxylic acids is 1. The van der Waals surface area contributed by atoms with Crippen molar-refractivity contribution in [2.75, 3.05) is 27.8 Å². The lowest BCUT2D eigenvalue weighted by molar-refractivity contribution is 0.0793. The monoisotopic (exact) mass is 417 g/mol. The van der Waals surface area contributed by atoms with E-state index in [0.29, 0.717) is 5.92 Å². The Balaban J connectivity index is 1.43. The Hall–Kier alpha value is -3.01. The first kappa shape index (κ1) is 21.2. The van der Waals surface area contributed by atoms with Gasteiger partial charge in [0.2, 0.25) is 0 Å². The highest BCUT2D eigenvalue weighted by Gasteiger charge is 2.25. The SMILES string of the molecule is COc1ccc2c(c1OC)CCCC2CCCN(C)C(=O)c1cccc2ccccc12. The first-order chi connectivity index (χ1) is 15.1. The van der Waals surface area contributed by atoms with E-state index in [9.17, 15) is 4.79 Å². The van der Waals surface area contributed by atoms with E-state index in [1.807, 2.05) is 48.3 Å². The molecule has 0 heterocycles. The van der Waals surface area contributed by atoms with E-state index in [1.54, 1.807) is 14.2 Å². The zero-order chi connectivity index (χ0) is 21.8. The molecule has 1 aliphatic carbocycles. The Morgan fingerprint density at radius 2 is 1.84 bits per heavy atom. The van der Waals surface area contributed by atoms with Crippen molar-refractivity contribution in [2.45, 2.75) is 38.0 Å². The molecule has 0 spiro atoms. The van der Waals surface area contributed by atoms with Crippen LogP contribution in [0.2, 0.25) is 0 Å². The summed E-state index contributed by atoms with van der Waals surface area (Å²) in [6, 6.07) is 18.2. The molecule has 3 aromatic carbocycles. The lowest BCUT2D eigenvalue weighted by atomic mass is 9.80. The number of benzene rings is 3. The van der Waals surface area contributed by atoms with E-state index >= 15 is 0 Å². The van der Waals surface area contributed by atoms with Gasteiger partial charge in [0.25, 0.3) is 5.91 Å². The summed E-state index contributed by atoms with van der Waals surface area (Å²) < 4.78 is 11.1. The summed E-state index contributed by atoms with van der Waals surface area (Å²) >= 11 is 0. The summed E-state index contributed by atoms with van der Waals surface area (Å²) in [6.07, 6.45) is 5.42. The zero-order valence-electron chi connectivity index (χ0n) is 18.7. The highest BCUT2D eigenvalue weighted by molar-refractivity contribution is 6.06. The first-order valence-electron chi connectivity index (χ1n) is 11.1. The number of fused-ring (bicyclic) bond motifs is 2. The van der Waals surface area contributed by atoms with Gasteiger partial charge in [-0.15, -0.1) is 0 Å². The van der Waals surface area contributed by atoms with Crippen LogP contribution in [0.5, 0.6) is 11.5 Å². The summed E-state index contributed by atoms with van der Waals surface area (Å²) in [4.78, 5) is 14.9. The summed E-state index contributed by atoms with van der Waals surface area (Å²) in [5, 5.41) is 2.12. The van der Waals surface area contributed by atoms with E-state index in [1.165, 1.54) is 17.5 Å². The molecular formula is C27H31NO3. The van der Waals surface area contributed by atoms with Gasteiger partial charge in [0, 0.05) is 24.7 Å². The first-order valence-corrected chi connectivity index (χ1v) is 11.1. The Morgan fingerprint density at radius 3 is 2.65 bits per heavy atom. The van der Waals surface area contributed by atoms with E-state index in [-0.39, 0.29) is 5.91 Å². The minimum absolute atomic E-state index is 0.0900. The highest BCUT2D eigenvalue weighted by atomic mass is 16.5. The predicted molar refractivity (Wildman–Crippen MR) is 125 cm³/mol. The van der Waals surface area contributed by atoms with Crippen LogP contribution in [0, 0.1) is 0 Å². The topological polar surface area (TPSA) is 38.8 Å². The summed E-state index contributed by atoms with van der Waals surface area (Å²) in [5.74, 6) is 2.28. The van der Waals surface area contributed by atoms with E-state index in [4.69, 9.17) is 9.47 Å². The van der Waals surface area contributed by atoms with Crippen LogP contribution in [-0.4, -0.2) is 38.6 Å². The summed E-state index contributed by atoms with van der Waals surface area (Å²) in [7, 11) is 5.32. The van der Waals surface area contributed by atoms with Gasteiger partial charge in [-0.3, -0.25) is 4.79 Å². The fraction of sp³-hybridized carbons (Fsp3) is 0.370. The van der Waals surface area contributed by atoms with Gasteiger partial charge in [-0.2, -0.15) is 0 Å². The number of ether oxygens (including phenoxy) is 2. The second-order valence-electron chi connectivity index (χ2n) is 8.35. The van der Waals surface area contributed by atoms with Crippen molar-refractivity contribution < 1.29 is 14.3 Å². The number of carbonyl (C=O) groups is 1. The minimum Gasteiger partial charge on any atom is -0.493 e. The van der Waals surface area contributed by atoms with Gasteiger partial charge >= 0.3 is 0 Å². The zero-order valence-corrected chi connectivity index (χ0v) is 18.7. The average molecular weight is 418 g/mol. The van der Waals surface area contributed by atoms with Crippen molar-refractivity contribution >= 4 is 16.7 Å². The van der Waals surface area contributed by atoms with Crippen LogP contribution in [0.3, 0.4) is 0 Å². The second kappa shape index (κ2) is 9.42. The fourth-order valence-electron chi connectivity index (χ4n) is 4.92. The molecule has 0 bridgehead atoms. The number of methoxy groups -OCH3 is 2. The number of hydrogen-bond acceptors (Lipinski definition) is 3. The summed E-state index contributed by atoms with van der Waals surface area (Å²) in [5.41, 5.74) is 3.45. The predicted octanol–water partition coefficient (Wildman–Crippen LogP) is 5.83. The van der Waals surface area contributed by atoms with Crippen LogP contribution in [-0.2, 0) is 6.42 Å². The maximum absolute atomic E-state index is 13.1. The normalized spacial score (nSPS) is 15.4. The molecule has 1 unspecified atom stereocenters. The lowest BCUT2D eigenvalue weighted by Gasteiger charge is -2.28. The Bertz CT molecular complexity index is 1070. The molecule has 1 amide bonds. The fourth-order valence-corrected chi connectivity index (χ4v) is 4.92. The number of amides is 1. The van der Waals surface area contributed by atoms with Gasteiger partial charge < -0.3 is 14.4 Å². The van der Waals surface area contributed by atoms with Crippen LogP contribution >= 0.6 is 0 Å².